The minimum Gasteiger partial charge on any atom is -0.378 e. The van der Waals surface area contributed by atoms with Crippen LogP contribution in [0.2, 0.25) is 5.02 Å². The maximum Gasteiger partial charge on any atom is 0.123 e. The monoisotopic (exact) mass is 271 g/mol. The summed E-state index contributed by atoms with van der Waals surface area (Å²) >= 11 is 6.04. The lowest BCUT2D eigenvalue weighted by molar-refractivity contribution is -0.0282. The maximum atomic E-state index is 13.2. The van der Waals surface area contributed by atoms with E-state index in [2.05, 4.69) is 0 Å². The zero-order chi connectivity index (χ0) is 13.1. The molecule has 1 fully saturated rings. The molecule has 0 radical (unpaired) electrons. The van der Waals surface area contributed by atoms with Crippen LogP contribution < -0.4 is 5.73 Å². The molecule has 2 rings (SSSR count). The van der Waals surface area contributed by atoms with Crippen LogP contribution in [0.3, 0.4) is 0 Å². The van der Waals surface area contributed by atoms with Gasteiger partial charge >= 0.3 is 0 Å². The minimum atomic E-state index is -0.286. The Morgan fingerprint density at radius 2 is 2.22 bits per heavy atom. The third-order valence-corrected chi connectivity index (χ3v) is 3.88. The van der Waals surface area contributed by atoms with Gasteiger partial charge < -0.3 is 10.5 Å². The summed E-state index contributed by atoms with van der Waals surface area (Å²) in [6, 6.07) is 4.16. The van der Waals surface area contributed by atoms with Crippen LogP contribution in [-0.2, 0) is 4.74 Å². The van der Waals surface area contributed by atoms with Crippen molar-refractivity contribution in [3.8, 4) is 0 Å². The predicted molar refractivity (Wildman–Crippen MR) is 71.1 cm³/mol. The van der Waals surface area contributed by atoms with Crippen molar-refractivity contribution in [2.45, 2.75) is 38.3 Å². The Morgan fingerprint density at radius 1 is 1.50 bits per heavy atom. The smallest absolute Gasteiger partial charge is 0.123 e. The van der Waals surface area contributed by atoms with Crippen LogP contribution in [0.25, 0.3) is 0 Å². The molecule has 0 saturated heterocycles. The van der Waals surface area contributed by atoms with Crippen molar-refractivity contribution in [3.63, 3.8) is 0 Å². The summed E-state index contributed by atoms with van der Waals surface area (Å²) in [5.41, 5.74) is 6.81. The van der Waals surface area contributed by atoms with E-state index >= 15 is 0 Å². The molecule has 1 aromatic rings. The minimum absolute atomic E-state index is 0.194. The molecule has 0 spiro atoms. The highest BCUT2D eigenvalue weighted by Gasteiger charge is 2.31. The van der Waals surface area contributed by atoms with Gasteiger partial charge in [0.25, 0.3) is 0 Å². The van der Waals surface area contributed by atoms with E-state index in [1.807, 2.05) is 6.92 Å². The number of hydrogen-bond acceptors (Lipinski definition) is 2. The Balaban J connectivity index is 1.89. The lowest BCUT2D eigenvalue weighted by Gasteiger charge is -2.36. The number of nitrogens with two attached hydrogens (primary N) is 1. The van der Waals surface area contributed by atoms with Crippen molar-refractivity contribution >= 4 is 11.6 Å². The number of hydrogen-bond donors (Lipinski definition) is 1. The Bertz CT molecular complexity index is 407. The van der Waals surface area contributed by atoms with Crippen molar-refractivity contribution in [1.29, 1.82) is 0 Å². The first-order valence-corrected chi connectivity index (χ1v) is 6.80. The molecule has 1 aliphatic carbocycles. The van der Waals surface area contributed by atoms with Gasteiger partial charge in [0.05, 0.1) is 6.10 Å². The molecule has 1 aromatic carbocycles. The fraction of sp³-hybridized carbons (Fsp3) is 0.571. The Hall–Kier alpha value is -0.640. The van der Waals surface area contributed by atoms with E-state index in [4.69, 9.17) is 22.1 Å². The van der Waals surface area contributed by atoms with Crippen LogP contribution in [-0.4, -0.2) is 12.7 Å². The molecule has 0 aliphatic heterocycles. The lowest BCUT2D eigenvalue weighted by Crippen LogP contribution is -2.33. The Labute approximate surface area is 112 Å². The second-order valence-electron chi connectivity index (χ2n) is 4.92. The summed E-state index contributed by atoms with van der Waals surface area (Å²) in [7, 11) is 0. The van der Waals surface area contributed by atoms with Crippen LogP contribution in [0.1, 0.15) is 37.8 Å². The highest BCUT2D eigenvalue weighted by molar-refractivity contribution is 6.31. The Kier molecular flexibility index (Phi) is 4.60. The molecule has 0 amide bonds. The van der Waals surface area contributed by atoms with E-state index in [1.54, 1.807) is 6.07 Å². The zero-order valence-corrected chi connectivity index (χ0v) is 11.3. The topological polar surface area (TPSA) is 35.2 Å². The van der Waals surface area contributed by atoms with Crippen molar-refractivity contribution < 1.29 is 9.13 Å². The number of halogens is 2. The Morgan fingerprint density at radius 3 is 2.89 bits per heavy atom. The summed E-state index contributed by atoms with van der Waals surface area (Å²) in [4.78, 5) is 0. The SMILES string of the molecule is CCOC1CC(CC(N)c2cc(F)ccc2Cl)C1. The fourth-order valence-corrected chi connectivity index (χ4v) is 2.78. The second kappa shape index (κ2) is 6.00. The average molecular weight is 272 g/mol. The molecule has 1 unspecified atom stereocenters. The van der Waals surface area contributed by atoms with E-state index in [9.17, 15) is 4.39 Å². The first kappa shape index (κ1) is 13.8. The molecule has 4 heteroatoms. The summed E-state index contributed by atoms with van der Waals surface area (Å²) < 4.78 is 18.7. The fourth-order valence-electron chi connectivity index (χ4n) is 2.52. The predicted octanol–water partition coefficient (Wildman–Crippen LogP) is 3.68. The molecule has 100 valence electrons. The first-order chi connectivity index (χ1) is 8.60. The molecule has 18 heavy (non-hydrogen) atoms. The quantitative estimate of drug-likeness (QED) is 0.887. The van der Waals surface area contributed by atoms with Crippen LogP contribution >= 0.6 is 11.6 Å². The van der Waals surface area contributed by atoms with Gasteiger partial charge in [-0.1, -0.05) is 11.6 Å². The average Bonchev–Trinajstić information content (AvgIpc) is 2.29. The van der Waals surface area contributed by atoms with Gasteiger partial charge in [-0.3, -0.25) is 0 Å². The summed E-state index contributed by atoms with van der Waals surface area (Å²) in [6.45, 7) is 2.77. The van der Waals surface area contributed by atoms with Crippen LogP contribution in [0.4, 0.5) is 4.39 Å². The third kappa shape index (κ3) is 3.22. The molecule has 2 N–H and O–H groups in total. The summed E-state index contributed by atoms with van der Waals surface area (Å²) in [5.74, 6) is 0.279. The maximum absolute atomic E-state index is 13.2. The van der Waals surface area contributed by atoms with Crippen molar-refractivity contribution in [1.82, 2.24) is 0 Å². The molecule has 2 nitrogen and oxygen atoms in total. The molecule has 1 aliphatic rings. The third-order valence-electron chi connectivity index (χ3n) is 3.54. The van der Waals surface area contributed by atoms with Crippen LogP contribution in [0.15, 0.2) is 18.2 Å². The summed E-state index contributed by atoms with van der Waals surface area (Å²) in [5, 5.41) is 0.546. The molecule has 0 aromatic heterocycles. The number of benzene rings is 1. The molecule has 1 atom stereocenters. The van der Waals surface area contributed by atoms with E-state index < -0.39 is 0 Å². The van der Waals surface area contributed by atoms with E-state index in [-0.39, 0.29) is 11.9 Å². The molecular formula is C14H19ClFNO. The van der Waals surface area contributed by atoms with Gasteiger partial charge in [-0.15, -0.1) is 0 Å². The van der Waals surface area contributed by atoms with Gasteiger partial charge in [0.2, 0.25) is 0 Å². The molecule has 1 saturated carbocycles. The van der Waals surface area contributed by atoms with Gasteiger partial charge in [-0.05, 0) is 55.9 Å². The zero-order valence-electron chi connectivity index (χ0n) is 10.5. The van der Waals surface area contributed by atoms with Gasteiger partial charge in [0.1, 0.15) is 5.82 Å². The molecular weight excluding hydrogens is 253 g/mol. The summed E-state index contributed by atoms with van der Waals surface area (Å²) in [6.07, 6.45) is 3.32. The van der Waals surface area contributed by atoms with Crippen LogP contribution in [0, 0.1) is 11.7 Å². The van der Waals surface area contributed by atoms with E-state index in [0.717, 1.165) is 25.9 Å². The second-order valence-corrected chi connectivity index (χ2v) is 5.33. The van der Waals surface area contributed by atoms with Gasteiger partial charge in [-0.2, -0.15) is 0 Å². The van der Waals surface area contributed by atoms with Crippen LogP contribution in [0.5, 0.6) is 0 Å². The van der Waals surface area contributed by atoms with E-state index in [1.165, 1.54) is 12.1 Å². The largest absolute Gasteiger partial charge is 0.378 e. The normalized spacial score (nSPS) is 24.7. The number of ether oxygens (including phenoxy) is 1. The van der Waals surface area contributed by atoms with Gasteiger partial charge in [0.15, 0.2) is 0 Å². The van der Waals surface area contributed by atoms with Crippen molar-refractivity contribution in [2.75, 3.05) is 6.61 Å². The lowest BCUT2D eigenvalue weighted by atomic mass is 9.77. The highest BCUT2D eigenvalue weighted by Crippen LogP contribution is 2.37. The van der Waals surface area contributed by atoms with Crippen molar-refractivity contribution in [2.24, 2.45) is 11.7 Å². The van der Waals surface area contributed by atoms with Crippen molar-refractivity contribution in [3.05, 3.63) is 34.6 Å². The molecule has 0 heterocycles. The van der Waals surface area contributed by atoms with Gasteiger partial charge in [-0.25, -0.2) is 4.39 Å². The molecule has 0 bridgehead atoms. The highest BCUT2D eigenvalue weighted by atomic mass is 35.5. The number of rotatable bonds is 5. The van der Waals surface area contributed by atoms with E-state index in [0.29, 0.717) is 22.6 Å². The van der Waals surface area contributed by atoms with Gasteiger partial charge in [0, 0.05) is 17.7 Å². The standard InChI is InChI=1S/C14H19ClFNO/c1-2-18-11-5-9(6-11)7-14(17)12-8-10(16)3-4-13(12)15/h3-4,8-9,11,14H,2,5-7,17H2,1H3. The first-order valence-electron chi connectivity index (χ1n) is 6.42.